The van der Waals surface area contributed by atoms with Gasteiger partial charge in [-0.1, -0.05) is 37.8 Å². The lowest BCUT2D eigenvalue weighted by Gasteiger charge is -2.60. The van der Waals surface area contributed by atoms with E-state index >= 15 is 0 Å². The molecule has 11 heteroatoms. The van der Waals surface area contributed by atoms with Crippen molar-refractivity contribution in [3.63, 3.8) is 0 Å². The molecule has 4 aliphatic rings. The van der Waals surface area contributed by atoms with Crippen LogP contribution >= 0.6 is 11.8 Å². The summed E-state index contributed by atoms with van der Waals surface area (Å²) in [6.45, 7) is 8.20. The molecule has 0 spiro atoms. The number of halogens is 1. The molecule has 2 aromatic heterocycles. The molecular weight excluding hydrogens is 635 g/mol. The van der Waals surface area contributed by atoms with E-state index in [-0.39, 0.29) is 52.4 Å². The number of hydrogen-bond donors (Lipinski definition) is 1. The van der Waals surface area contributed by atoms with Crippen LogP contribution < -0.4 is 0 Å². The summed E-state index contributed by atoms with van der Waals surface area (Å²) in [5.41, 5.74) is 1.53. The number of aliphatic hydroxyl groups excluding tert-OH is 1. The predicted octanol–water partition coefficient (Wildman–Crippen LogP) is 6.75. The molecule has 0 amide bonds. The first kappa shape index (κ1) is 32.9. The van der Waals surface area contributed by atoms with E-state index in [1.807, 2.05) is 17.8 Å². The van der Waals surface area contributed by atoms with Crippen molar-refractivity contribution in [2.45, 2.75) is 64.1 Å². The molecule has 254 valence electrons. The summed E-state index contributed by atoms with van der Waals surface area (Å²) in [7, 11) is 1.51. The van der Waals surface area contributed by atoms with Gasteiger partial charge >= 0.3 is 5.97 Å². The number of hydrogen-bond acceptors (Lipinski definition) is 9. The van der Waals surface area contributed by atoms with Crippen LogP contribution in [0.5, 0.6) is 0 Å². The lowest BCUT2D eigenvalue weighted by atomic mass is 9.45. The zero-order chi connectivity index (χ0) is 33.8. The summed E-state index contributed by atoms with van der Waals surface area (Å²) in [5, 5.41) is 16.6. The minimum atomic E-state index is -1.48. The Bertz CT molecular complexity index is 1750. The van der Waals surface area contributed by atoms with Crippen LogP contribution in [0, 0.1) is 34.4 Å². The first-order valence-corrected chi connectivity index (χ1v) is 17.4. The van der Waals surface area contributed by atoms with Crippen LogP contribution in [0.4, 0.5) is 4.39 Å². The number of methoxy groups -OCH3 is 1. The van der Waals surface area contributed by atoms with E-state index in [1.165, 1.54) is 37.1 Å². The molecule has 48 heavy (non-hydrogen) atoms. The van der Waals surface area contributed by atoms with E-state index in [2.05, 4.69) is 24.7 Å². The largest absolute Gasteiger partial charge is 0.472 e. The highest BCUT2D eigenvalue weighted by Gasteiger charge is 2.71. The summed E-state index contributed by atoms with van der Waals surface area (Å²) in [4.78, 5) is 27.8. The van der Waals surface area contributed by atoms with Crippen LogP contribution in [0.15, 0.2) is 71.2 Å². The summed E-state index contributed by atoms with van der Waals surface area (Å²) in [5.74, 6) is -0.315. The van der Waals surface area contributed by atoms with Gasteiger partial charge in [-0.05, 0) is 110 Å². The highest BCUT2D eigenvalue weighted by molar-refractivity contribution is 8.14. The topological polar surface area (TPSA) is 113 Å². The van der Waals surface area contributed by atoms with Crippen molar-refractivity contribution < 1.29 is 37.7 Å². The van der Waals surface area contributed by atoms with Crippen molar-refractivity contribution in [1.82, 2.24) is 9.78 Å². The predicted molar refractivity (Wildman–Crippen MR) is 177 cm³/mol. The fourth-order valence-corrected chi connectivity index (χ4v) is 10.5. The smallest absolute Gasteiger partial charge is 0.375 e. The van der Waals surface area contributed by atoms with Crippen LogP contribution in [0.25, 0.3) is 11.8 Å². The zero-order valence-corrected chi connectivity index (χ0v) is 28.3. The third kappa shape index (κ3) is 5.16. The van der Waals surface area contributed by atoms with Gasteiger partial charge in [0.15, 0.2) is 12.4 Å². The Labute approximate surface area is 283 Å². The molecule has 2 heterocycles. The number of ether oxygens (including phenoxy) is 3. The quantitative estimate of drug-likeness (QED) is 0.149. The van der Waals surface area contributed by atoms with Gasteiger partial charge in [0, 0.05) is 12.5 Å². The molecule has 0 saturated heterocycles. The number of benzene rings is 1. The second kappa shape index (κ2) is 12.3. The standard InChI is InChI=1S/C37H41FN2O7S/c1-22(46-21-44-4)20-48-34(43)37(47-33(42)31-6-5-15-45-31)14-13-28-27-12-7-24-16-29-23(19-39-40(29)26-10-8-25(38)9-11-26)17-35(24,2)32(27)30(41)18-36(28,37)3/h5-6,8-11,15-16,19,27-28,30,32,41H,1,7,12-14,17-18,20-21H2,2-4H3/t27-,28?,30-,32?,35-,36-,37-/m0/s1. The Kier molecular flexibility index (Phi) is 8.44. The molecule has 0 aliphatic heterocycles. The number of thioether (sulfide) groups is 1. The van der Waals surface area contributed by atoms with Gasteiger partial charge in [0.2, 0.25) is 10.9 Å². The Hall–Kier alpha value is -3.67. The third-order valence-electron chi connectivity index (χ3n) is 11.7. The molecule has 0 bridgehead atoms. The molecule has 1 N–H and O–H groups in total. The van der Waals surface area contributed by atoms with Crippen molar-refractivity contribution in [1.29, 1.82) is 0 Å². The molecule has 0 radical (unpaired) electrons. The molecule has 7 rings (SSSR count). The molecule has 3 fully saturated rings. The Morgan fingerprint density at radius 2 is 2.00 bits per heavy atom. The molecule has 3 saturated carbocycles. The van der Waals surface area contributed by atoms with Gasteiger partial charge in [0.25, 0.3) is 0 Å². The molecule has 7 atom stereocenters. The Morgan fingerprint density at radius 1 is 1.21 bits per heavy atom. The number of fused-ring (bicyclic) bond motifs is 6. The lowest BCUT2D eigenvalue weighted by molar-refractivity contribution is -0.175. The number of carbonyl (C=O) groups excluding carboxylic acids is 2. The van der Waals surface area contributed by atoms with Crippen LogP contribution in [0.1, 0.15) is 67.8 Å². The summed E-state index contributed by atoms with van der Waals surface area (Å²) >= 11 is 1.02. The van der Waals surface area contributed by atoms with Gasteiger partial charge in [0.05, 0.1) is 35.7 Å². The van der Waals surface area contributed by atoms with E-state index in [9.17, 15) is 19.1 Å². The molecule has 2 unspecified atom stereocenters. The van der Waals surface area contributed by atoms with Gasteiger partial charge in [0.1, 0.15) is 11.6 Å². The van der Waals surface area contributed by atoms with Crippen molar-refractivity contribution >= 4 is 28.9 Å². The number of furan rings is 1. The van der Waals surface area contributed by atoms with Gasteiger partial charge in [-0.15, -0.1) is 0 Å². The summed E-state index contributed by atoms with van der Waals surface area (Å²) < 4.78 is 37.6. The number of nitrogens with zero attached hydrogens (tertiary/aromatic N) is 2. The first-order valence-electron chi connectivity index (χ1n) is 16.5. The van der Waals surface area contributed by atoms with Gasteiger partial charge < -0.3 is 23.7 Å². The number of carbonyl (C=O) groups is 2. The van der Waals surface area contributed by atoms with E-state index in [0.29, 0.717) is 31.4 Å². The number of esters is 1. The number of aromatic nitrogens is 2. The van der Waals surface area contributed by atoms with Crippen molar-refractivity contribution in [2.24, 2.45) is 28.6 Å². The maximum Gasteiger partial charge on any atom is 0.375 e. The van der Waals surface area contributed by atoms with Crippen molar-refractivity contribution in [2.75, 3.05) is 19.7 Å². The number of aliphatic hydroxyl groups is 1. The van der Waals surface area contributed by atoms with E-state index in [0.717, 1.165) is 41.5 Å². The Morgan fingerprint density at radius 3 is 2.73 bits per heavy atom. The van der Waals surface area contributed by atoms with Gasteiger partial charge in [-0.3, -0.25) is 4.79 Å². The van der Waals surface area contributed by atoms with E-state index in [4.69, 9.17) is 18.6 Å². The monoisotopic (exact) mass is 676 g/mol. The van der Waals surface area contributed by atoms with Gasteiger partial charge in [-0.2, -0.15) is 5.10 Å². The van der Waals surface area contributed by atoms with Crippen molar-refractivity contribution in [3.05, 3.63) is 89.6 Å². The molecule has 3 aromatic rings. The zero-order valence-electron chi connectivity index (χ0n) is 27.4. The van der Waals surface area contributed by atoms with Crippen LogP contribution in [0.3, 0.4) is 0 Å². The first-order chi connectivity index (χ1) is 23.0. The second-order valence-corrected chi connectivity index (χ2v) is 15.1. The van der Waals surface area contributed by atoms with Gasteiger partial charge in [-0.25, -0.2) is 13.9 Å². The molecular formula is C37H41FN2O7S. The number of rotatable bonds is 9. The highest BCUT2D eigenvalue weighted by atomic mass is 32.2. The van der Waals surface area contributed by atoms with Crippen LogP contribution in [0.2, 0.25) is 0 Å². The SMILES string of the molecule is C=C(CSC(=O)[C@@]1(OC(=O)c2ccco2)CCC2[C@@H]3CCC4=Cc5c(cnn5-c5ccc(F)cc5)C[C@]4(C)C3[C@@H](O)C[C@@]21C)OCOC. The van der Waals surface area contributed by atoms with E-state index < -0.39 is 23.1 Å². The minimum absolute atomic E-state index is 0.0188. The maximum atomic E-state index is 14.4. The highest BCUT2D eigenvalue weighted by Crippen LogP contribution is 2.69. The average Bonchev–Trinajstić information content (AvgIpc) is 3.80. The lowest BCUT2D eigenvalue weighted by Crippen LogP contribution is -2.62. The molecule has 9 nitrogen and oxygen atoms in total. The van der Waals surface area contributed by atoms with Crippen LogP contribution in [-0.4, -0.2) is 57.3 Å². The third-order valence-corrected chi connectivity index (χ3v) is 12.7. The van der Waals surface area contributed by atoms with E-state index in [1.54, 1.807) is 18.2 Å². The number of allylic oxidation sites excluding steroid dienone is 1. The van der Waals surface area contributed by atoms with Crippen molar-refractivity contribution in [3.8, 4) is 5.69 Å². The average molecular weight is 677 g/mol. The minimum Gasteiger partial charge on any atom is -0.472 e. The maximum absolute atomic E-state index is 14.4. The normalized spacial score (nSPS) is 31.9. The molecule has 4 aliphatic carbocycles. The summed E-state index contributed by atoms with van der Waals surface area (Å²) in [6.07, 6.45) is 8.50. The molecule has 1 aromatic carbocycles. The summed E-state index contributed by atoms with van der Waals surface area (Å²) in [6, 6.07) is 9.46. The second-order valence-electron chi connectivity index (χ2n) is 14.1. The fraction of sp³-hybridized carbons (Fsp3) is 0.486. The fourth-order valence-electron chi connectivity index (χ4n) is 9.56. The Balaban J connectivity index is 1.20. The van der Waals surface area contributed by atoms with Crippen LogP contribution in [-0.2, 0) is 25.4 Å².